The van der Waals surface area contributed by atoms with Crippen LogP contribution >= 0.6 is 0 Å². The number of carbonyl (C=O) groups is 2. The van der Waals surface area contributed by atoms with E-state index in [9.17, 15) is 9.59 Å². The van der Waals surface area contributed by atoms with E-state index in [1.54, 1.807) is 0 Å². The van der Waals surface area contributed by atoms with Crippen molar-refractivity contribution in [1.82, 2.24) is 10.6 Å². The molecule has 0 unspecified atom stereocenters. The summed E-state index contributed by atoms with van der Waals surface area (Å²) in [5, 5.41) is 8.83. The highest BCUT2D eigenvalue weighted by atomic mass is 16.2. The molecule has 0 spiro atoms. The molecule has 0 aliphatic carbocycles. The lowest BCUT2D eigenvalue weighted by atomic mass is 9.96. The standard InChI is InChI=1S/C22H29N3O2/c1-15(2)21(18-11-6-5-7-12-18)24-13-19(26)23-14-20(27)25-22-16(3)9-8-10-17(22)4/h5-12,15,21,24H,13-14H2,1-4H3,(H,23,26)(H,25,27)/t21-/m0/s1. The van der Waals surface area contributed by atoms with Gasteiger partial charge in [-0.05, 0) is 36.5 Å². The molecule has 2 aromatic rings. The fraction of sp³-hybridized carbons (Fsp3) is 0.364. The lowest BCUT2D eigenvalue weighted by Gasteiger charge is -2.22. The van der Waals surface area contributed by atoms with E-state index < -0.39 is 0 Å². The number of anilines is 1. The van der Waals surface area contributed by atoms with Crippen LogP contribution in [0.4, 0.5) is 5.69 Å². The van der Waals surface area contributed by atoms with Crippen LogP contribution in [0.25, 0.3) is 0 Å². The molecule has 0 aliphatic rings. The van der Waals surface area contributed by atoms with E-state index in [0.717, 1.165) is 22.4 Å². The van der Waals surface area contributed by atoms with Crippen molar-refractivity contribution in [2.24, 2.45) is 5.92 Å². The summed E-state index contributed by atoms with van der Waals surface area (Å²) >= 11 is 0. The van der Waals surface area contributed by atoms with Gasteiger partial charge in [0.15, 0.2) is 0 Å². The summed E-state index contributed by atoms with van der Waals surface area (Å²) in [5.74, 6) is -0.0926. The first-order chi connectivity index (χ1) is 12.9. The first-order valence-electron chi connectivity index (χ1n) is 9.29. The zero-order chi connectivity index (χ0) is 19.8. The van der Waals surface area contributed by atoms with Gasteiger partial charge in [-0.15, -0.1) is 0 Å². The van der Waals surface area contributed by atoms with Crippen LogP contribution in [0.15, 0.2) is 48.5 Å². The van der Waals surface area contributed by atoms with Gasteiger partial charge in [-0.3, -0.25) is 9.59 Å². The molecular weight excluding hydrogens is 338 g/mol. The summed E-state index contributed by atoms with van der Waals surface area (Å²) in [7, 11) is 0. The highest BCUT2D eigenvalue weighted by Crippen LogP contribution is 2.21. The summed E-state index contributed by atoms with van der Waals surface area (Å²) in [5.41, 5.74) is 3.95. The van der Waals surface area contributed by atoms with Crippen molar-refractivity contribution in [3.05, 3.63) is 65.2 Å². The SMILES string of the molecule is Cc1cccc(C)c1NC(=O)CNC(=O)CN[C@H](c1ccccc1)C(C)C. The van der Waals surface area contributed by atoms with Gasteiger partial charge in [0, 0.05) is 11.7 Å². The summed E-state index contributed by atoms with van der Waals surface area (Å²) in [6.07, 6.45) is 0. The zero-order valence-electron chi connectivity index (χ0n) is 16.5. The van der Waals surface area contributed by atoms with Crippen molar-refractivity contribution in [3.8, 4) is 0 Å². The van der Waals surface area contributed by atoms with Gasteiger partial charge in [0.2, 0.25) is 11.8 Å². The maximum absolute atomic E-state index is 12.1. The topological polar surface area (TPSA) is 70.2 Å². The smallest absolute Gasteiger partial charge is 0.243 e. The van der Waals surface area contributed by atoms with Gasteiger partial charge in [-0.2, -0.15) is 0 Å². The monoisotopic (exact) mass is 367 g/mol. The first kappa shape index (κ1) is 20.6. The lowest BCUT2D eigenvalue weighted by Crippen LogP contribution is -2.40. The van der Waals surface area contributed by atoms with Gasteiger partial charge in [0.1, 0.15) is 0 Å². The molecule has 0 aliphatic heterocycles. The molecule has 144 valence electrons. The van der Waals surface area contributed by atoms with Crippen molar-refractivity contribution < 1.29 is 9.59 Å². The Kier molecular flexibility index (Phi) is 7.55. The molecule has 5 heteroatoms. The highest BCUT2D eigenvalue weighted by molar-refractivity contribution is 5.95. The Morgan fingerprint density at radius 2 is 1.48 bits per heavy atom. The predicted molar refractivity (Wildman–Crippen MR) is 110 cm³/mol. The van der Waals surface area contributed by atoms with Gasteiger partial charge in [-0.1, -0.05) is 62.4 Å². The Labute approximate surface area is 161 Å². The average Bonchev–Trinajstić information content (AvgIpc) is 2.64. The molecular formula is C22H29N3O2. The Balaban J connectivity index is 1.82. The molecule has 2 amide bonds. The minimum atomic E-state index is -0.232. The molecule has 2 aromatic carbocycles. The number of amides is 2. The van der Waals surface area contributed by atoms with Crippen molar-refractivity contribution in [2.45, 2.75) is 33.7 Å². The molecule has 2 rings (SSSR count). The third kappa shape index (κ3) is 6.22. The van der Waals surface area contributed by atoms with E-state index >= 15 is 0 Å². The van der Waals surface area contributed by atoms with Crippen molar-refractivity contribution in [2.75, 3.05) is 18.4 Å². The predicted octanol–water partition coefficient (Wildman–Crippen LogP) is 3.35. The minimum Gasteiger partial charge on any atom is -0.346 e. The van der Waals surface area contributed by atoms with E-state index in [0.29, 0.717) is 5.92 Å². The molecule has 3 N–H and O–H groups in total. The fourth-order valence-corrected chi connectivity index (χ4v) is 3.04. The average molecular weight is 367 g/mol. The zero-order valence-corrected chi connectivity index (χ0v) is 16.5. The van der Waals surface area contributed by atoms with Crippen molar-refractivity contribution in [3.63, 3.8) is 0 Å². The molecule has 1 atom stereocenters. The number of carbonyl (C=O) groups excluding carboxylic acids is 2. The Morgan fingerprint density at radius 1 is 0.852 bits per heavy atom. The maximum Gasteiger partial charge on any atom is 0.243 e. The lowest BCUT2D eigenvalue weighted by molar-refractivity contribution is -0.123. The third-order valence-electron chi connectivity index (χ3n) is 4.50. The van der Waals surface area contributed by atoms with Gasteiger partial charge in [0.05, 0.1) is 13.1 Å². The molecule has 0 fully saturated rings. The van der Waals surface area contributed by atoms with Gasteiger partial charge in [0.25, 0.3) is 0 Å². The van der Waals surface area contributed by atoms with E-state index in [-0.39, 0.29) is 30.9 Å². The molecule has 27 heavy (non-hydrogen) atoms. The molecule has 0 saturated heterocycles. The largest absolute Gasteiger partial charge is 0.346 e. The number of hydrogen-bond acceptors (Lipinski definition) is 3. The maximum atomic E-state index is 12.1. The summed E-state index contributed by atoms with van der Waals surface area (Å²) in [6, 6.07) is 16.0. The summed E-state index contributed by atoms with van der Waals surface area (Å²) in [6.45, 7) is 8.23. The second kappa shape index (κ2) is 9.88. The van der Waals surface area contributed by atoms with Gasteiger partial charge in [-0.25, -0.2) is 0 Å². The van der Waals surface area contributed by atoms with E-state index in [4.69, 9.17) is 0 Å². The normalized spacial score (nSPS) is 11.9. The van der Waals surface area contributed by atoms with Crippen molar-refractivity contribution >= 4 is 17.5 Å². The third-order valence-corrected chi connectivity index (χ3v) is 4.50. The number of nitrogens with one attached hydrogen (secondary N) is 3. The van der Waals surface area contributed by atoms with Crippen LogP contribution in [0.1, 0.15) is 36.6 Å². The Morgan fingerprint density at radius 3 is 2.07 bits per heavy atom. The van der Waals surface area contributed by atoms with Crippen molar-refractivity contribution in [1.29, 1.82) is 0 Å². The number of rotatable bonds is 8. The van der Waals surface area contributed by atoms with E-state index in [1.165, 1.54) is 0 Å². The van der Waals surface area contributed by atoms with Gasteiger partial charge < -0.3 is 16.0 Å². The molecule has 0 saturated carbocycles. The number of benzene rings is 2. The van der Waals surface area contributed by atoms with E-state index in [1.807, 2.05) is 62.4 Å². The van der Waals surface area contributed by atoms with Crippen LogP contribution in [0.2, 0.25) is 0 Å². The van der Waals surface area contributed by atoms with Crippen LogP contribution < -0.4 is 16.0 Å². The Hall–Kier alpha value is -2.66. The molecule has 0 heterocycles. The van der Waals surface area contributed by atoms with Gasteiger partial charge >= 0.3 is 0 Å². The molecule has 0 aromatic heterocycles. The second-order valence-electron chi connectivity index (χ2n) is 7.10. The first-order valence-corrected chi connectivity index (χ1v) is 9.29. The molecule has 5 nitrogen and oxygen atoms in total. The Bertz CT molecular complexity index is 752. The number of hydrogen-bond donors (Lipinski definition) is 3. The fourth-order valence-electron chi connectivity index (χ4n) is 3.04. The van der Waals surface area contributed by atoms with Crippen LogP contribution in [0, 0.1) is 19.8 Å². The number of para-hydroxylation sites is 1. The molecule has 0 bridgehead atoms. The highest BCUT2D eigenvalue weighted by Gasteiger charge is 2.16. The van der Waals surface area contributed by atoms with Crippen LogP contribution in [-0.2, 0) is 9.59 Å². The van der Waals surface area contributed by atoms with E-state index in [2.05, 4.69) is 29.8 Å². The second-order valence-corrected chi connectivity index (χ2v) is 7.10. The molecule has 0 radical (unpaired) electrons. The summed E-state index contributed by atoms with van der Waals surface area (Å²) in [4.78, 5) is 24.3. The van der Waals surface area contributed by atoms with Crippen LogP contribution in [0.5, 0.6) is 0 Å². The minimum absolute atomic E-state index is 0.0496. The number of aryl methyl sites for hydroxylation is 2. The quantitative estimate of drug-likeness (QED) is 0.670. The van der Waals surface area contributed by atoms with Crippen LogP contribution in [0.3, 0.4) is 0 Å². The summed E-state index contributed by atoms with van der Waals surface area (Å²) < 4.78 is 0. The van der Waals surface area contributed by atoms with Crippen LogP contribution in [-0.4, -0.2) is 24.9 Å².